The SMILES string of the molecule is CC/C=C\C/C=C\C/C=C\C/C=C\CCCCC(CCCCCCCC(=O)O)OC(=O)CCCCCCCCCCC/C=C\C/C=C\CCCCCCC. The number of carboxylic acids is 1. The Labute approximate surface area is 335 Å². The minimum atomic E-state index is -0.709. The number of ether oxygens (including phenoxy) is 1. The molecule has 0 bridgehead atoms. The number of hydrogen-bond donors (Lipinski definition) is 1. The molecule has 0 aromatic carbocycles. The lowest BCUT2D eigenvalue weighted by Crippen LogP contribution is -2.18. The molecule has 0 aliphatic rings. The molecule has 54 heavy (non-hydrogen) atoms. The van der Waals surface area contributed by atoms with E-state index in [4.69, 9.17) is 9.84 Å². The second-order valence-corrected chi connectivity index (χ2v) is 15.2. The lowest BCUT2D eigenvalue weighted by atomic mass is 10.0. The van der Waals surface area contributed by atoms with Crippen LogP contribution in [0.5, 0.6) is 0 Å². The summed E-state index contributed by atoms with van der Waals surface area (Å²) in [6.45, 7) is 4.43. The highest BCUT2D eigenvalue weighted by atomic mass is 16.5. The van der Waals surface area contributed by atoms with Gasteiger partial charge in [0.1, 0.15) is 6.10 Å². The quantitative estimate of drug-likeness (QED) is 0.0384. The van der Waals surface area contributed by atoms with E-state index in [1.165, 1.54) is 89.9 Å². The topological polar surface area (TPSA) is 63.6 Å². The van der Waals surface area contributed by atoms with Gasteiger partial charge in [-0.1, -0.05) is 177 Å². The molecular weight excluding hydrogens is 665 g/mol. The van der Waals surface area contributed by atoms with Crippen molar-refractivity contribution in [2.24, 2.45) is 0 Å². The van der Waals surface area contributed by atoms with Crippen molar-refractivity contribution in [1.29, 1.82) is 0 Å². The van der Waals surface area contributed by atoms with E-state index in [0.29, 0.717) is 6.42 Å². The minimum Gasteiger partial charge on any atom is -0.481 e. The molecule has 0 saturated heterocycles. The molecule has 0 aliphatic heterocycles. The van der Waals surface area contributed by atoms with Crippen LogP contribution in [0.3, 0.4) is 0 Å². The Bertz CT molecular complexity index is 985. The lowest BCUT2D eigenvalue weighted by molar-refractivity contribution is -0.150. The molecule has 4 heteroatoms. The summed E-state index contributed by atoms with van der Waals surface area (Å²) in [4.78, 5) is 23.5. The van der Waals surface area contributed by atoms with Crippen molar-refractivity contribution in [2.45, 2.75) is 232 Å². The van der Waals surface area contributed by atoms with Gasteiger partial charge >= 0.3 is 11.9 Å². The van der Waals surface area contributed by atoms with Gasteiger partial charge < -0.3 is 9.84 Å². The van der Waals surface area contributed by atoms with Crippen molar-refractivity contribution in [1.82, 2.24) is 0 Å². The summed E-state index contributed by atoms with van der Waals surface area (Å²) in [5.74, 6) is -0.734. The zero-order valence-electron chi connectivity index (χ0n) is 35.5. The largest absolute Gasteiger partial charge is 0.481 e. The van der Waals surface area contributed by atoms with E-state index in [9.17, 15) is 9.59 Å². The van der Waals surface area contributed by atoms with Crippen molar-refractivity contribution >= 4 is 11.9 Å². The number of carbonyl (C=O) groups is 2. The van der Waals surface area contributed by atoms with E-state index in [2.05, 4.69) is 86.8 Å². The summed E-state index contributed by atoms with van der Waals surface area (Å²) in [6.07, 6.45) is 63.6. The Morgan fingerprint density at radius 3 is 1.24 bits per heavy atom. The standard InChI is InChI=1S/C50H86O4/c1-3-5-7-9-11-13-15-17-19-20-21-22-23-24-26-28-30-32-34-39-43-47-50(53)54-48(45-41-37-35-38-42-46-49(51)52)44-40-36-33-31-29-27-25-18-16-14-12-10-8-6-4-2/h6,8,12,14-15,17-18,20-21,25,29,31,48H,3-5,7,9-11,13,16,19,22-24,26-28,30,32-47H2,1-2H3,(H,51,52)/b8-6-,14-12-,17-15-,21-20-,25-18-,31-29-. The Balaban J connectivity index is 4.06. The smallest absolute Gasteiger partial charge is 0.306 e. The highest BCUT2D eigenvalue weighted by Crippen LogP contribution is 2.18. The highest BCUT2D eigenvalue weighted by Gasteiger charge is 2.14. The van der Waals surface area contributed by atoms with E-state index in [1.807, 2.05) is 0 Å². The zero-order chi connectivity index (χ0) is 39.3. The average Bonchev–Trinajstić information content (AvgIpc) is 3.16. The highest BCUT2D eigenvalue weighted by molar-refractivity contribution is 5.69. The van der Waals surface area contributed by atoms with Gasteiger partial charge in [0.05, 0.1) is 0 Å². The fourth-order valence-corrected chi connectivity index (χ4v) is 6.56. The molecular formula is C50H86O4. The van der Waals surface area contributed by atoms with Gasteiger partial charge in [-0.15, -0.1) is 0 Å². The minimum absolute atomic E-state index is 0.0104. The maximum absolute atomic E-state index is 12.7. The molecule has 0 heterocycles. The predicted molar refractivity (Wildman–Crippen MR) is 236 cm³/mol. The first-order valence-electron chi connectivity index (χ1n) is 22.9. The van der Waals surface area contributed by atoms with Gasteiger partial charge in [-0.3, -0.25) is 9.59 Å². The van der Waals surface area contributed by atoms with Crippen LogP contribution in [0.15, 0.2) is 72.9 Å². The number of carboxylic acid groups (broad SMARTS) is 1. The van der Waals surface area contributed by atoms with E-state index >= 15 is 0 Å². The third-order valence-electron chi connectivity index (χ3n) is 9.91. The van der Waals surface area contributed by atoms with E-state index < -0.39 is 5.97 Å². The van der Waals surface area contributed by atoms with Gasteiger partial charge in [0.2, 0.25) is 0 Å². The molecule has 0 rings (SSSR count). The molecule has 1 N–H and O–H groups in total. The summed E-state index contributed by atoms with van der Waals surface area (Å²) in [6, 6.07) is 0. The zero-order valence-corrected chi connectivity index (χ0v) is 35.5. The maximum atomic E-state index is 12.7. The van der Waals surface area contributed by atoms with Crippen LogP contribution in [0.2, 0.25) is 0 Å². The molecule has 0 amide bonds. The summed E-state index contributed by atoms with van der Waals surface area (Å²) in [5, 5.41) is 8.85. The molecule has 0 saturated carbocycles. The van der Waals surface area contributed by atoms with Crippen LogP contribution in [0.4, 0.5) is 0 Å². The third kappa shape index (κ3) is 43.8. The normalized spacial score (nSPS) is 12.9. The third-order valence-corrected chi connectivity index (χ3v) is 9.91. The second-order valence-electron chi connectivity index (χ2n) is 15.2. The van der Waals surface area contributed by atoms with Gasteiger partial charge in [0, 0.05) is 12.8 Å². The first kappa shape index (κ1) is 51.4. The summed E-state index contributed by atoms with van der Waals surface area (Å²) >= 11 is 0. The van der Waals surface area contributed by atoms with Crippen LogP contribution in [-0.4, -0.2) is 23.1 Å². The molecule has 1 unspecified atom stereocenters. The Morgan fingerprint density at radius 1 is 0.426 bits per heavy atom. The molecule has 0 aliphatic carbocycles. The van der Waals surface area contributed by atoms with Gasteiger partial charge in [0.25, 0.3) is 0 Å². The molecule has 0 aromatic rings. The fourth-order valence-electron chi connectivity index (χ4n) is 6.56. The van der Waals surface area contributed by atoms with Gasteiger partial charge in [0.15, 0.2) is 0 Å². The summed E-state index contributed by atoms with van der Waals surface area (Å²) < 4.78 is 6.01. The maximum Gasteiger partial charge on any atom is 0.306 e. The van der Waals surface area contributed by atoms with Crippen LogP contribution in [0.25, 0.3) is 0 Å². The number of esters is 1. The van der Waals surface area contributed by atoms with Crippen LogP contribution in [0.1, 0.15) is 226 Å². The first-order valence-corrected chi connectivity index (χ1v) is 22.9. The van der Waals surface area contributed by atoms with Gasteiger partial charge in [-0.25, -0.2) is 0 Å². The van der Waals surface area contributed by atoms with Crippen LogP contribution in [-0.2, 0) is 14.3 Å². The molecule has 0 spiro atoms. The predicted octanol–water partition coefficient (Wildman–Crippen LogP) is 16.2. The Hall–Kier alpha value is -2.62. The van der Waals surface area contributed by atoms with Crippen LogP contribution < -0.4 is 0 Å². The number of allylic oxidation sites excluding steroid dienone is 12. The average molecular weight is 751 g/mol. The second kappa shape index (κ2) is 44.8. The number of unbranched alkanes of at least 4 members (excludes halogenated alkanes) is 20. The summed E-state index contributed by atoms with van der Waals surface area (Å²) in [7, 11) is 0. The molecule has 4 nitrogen and oxygen atoms in total. The van der Waals surface area contributed by atoms with Crippen LogP contribution >= 0.6 is 0 Å². The molecule has 1 atom stereocenters. The van der Waals surface area contributed by atoms with E-state index in [-0.39, 0.29) is 18.5 Å². The first-order chi connectivity index (χ1) is 26.6. The Kier molecular flexibility index (Phi) is 42.6. The van der Waals surface area contributed by atoms with Crippen molar-refractivity contribution < 1.29 is 19.4 Å². The molecule has 0 fully saturated rings. The van der Waals surface area contributed by atoms with Gasteiger partial charge in [-0.2, -0.15) is 0 Å². The van der Waals surface area contributed by atoms with Gasteiger partial charge in [-0.05, 0) is 109 Å². The summed E-state index contributed by atoms with van der Waals surface area (Å²) in [5.41, 5.74) is 0. The van der Waals surface area contributed by atoms with Crippen LogP contribution in [0, 0.1) is 0 Å². The molecule has 0 radical (unpaired) electrons. The lowest BCUT2D eigenvalue weighted by Gasteiger charge is -2.18. The Morgan fingerprint density at radius 2 is 0.778 bits per heavy atom. The monoisotopic (exact) mass is 751 g/mol. The van der Waals surface area contributed by atoms with Crippen molar-refractivity contribution in [3.63, 3.8) is 0 Å². The number of carbonyl (C=O) groups excluding carboxylic acids is 1. The van der Waals surface area contributed by atoms with Crippen molar-refractivity contribution in [3.05, 3.63) is 72.9 Å². The molecule has 310 valence electrons. The van der Waals surface area contributed by atoms with Crippen molar-refractivity contribution in [2.75, 3.05) is 0 Å². The number of aliphatic carboxylic acids is 1. The fraction of sp³-hybridized carbons (Fsp3) is 0.720. The molecule has 0 aromatic heterocycles. The van der Waals surface area contributed by atoms with Crippen molar-refractivity contribution in [3.8, 4) is 0 Å². The number of rotatable bonds is 41. The van der Waals surface area contributed by atoms with E-state index in [0.717, 1.165) is 109 Å². The van der Waals surface area contributed by atoms with E-state index in [1.54, 1.807) is 0 Å². The number of hydrogen-bond acceptors (Lipinski definition) is 3.